The van der Waals surface area contributed by atoms with Crippen molar-refractivity contribution in [2.75, 3.05) is 24.5 Å². The van der Waals surface area contributed by atoms with Gasteiger partial charge in [-0.3, -0.25) is 4.79 Å². The first-order valence-corrected chi connectivity index (χ1v) is 9.19. The normalized spacial score (nSPS) is 25.6. The average Bonchev–Trinajstić information content (AvgIpc) is 3.14. The lowest BCUT2D eigenvalue weighted by molar-refractivity contribution is -0.137. The maximum Gasteiger partial charge on any atom is 0.416 e. The molecule has 1 amide bonds. The Morgan fingerprint density at radius 1 is 1.19 bits per heavy atom. The molecule has 0 radical (unpaired) electrons. The average molecular weight is 369 g/mol. The largest absolute Gasteiger partial charge is 0.416 e. The number of amides is 1. The number of nitrogens with zero attached hydrogens (tertiary/aromatic N) is 1. The predicted octanol–water partition coefficient (Wildman–Crippen LogP) is 3.03. The van der Waals surface area contributed by atoms with Crippen molar-refractivity contribution >= 4 is 11.6 Å². The Hall–Kier alpha value is -1.76. The molecule has 7 heteroatoms. The highest BCUT2D eigenvalue weighted by Gasteiger charge is 2.43. The molecule has 0 aromatic heterocycles. The van der Waals surface area contributed by atoms with Crippen LogP contribution in [0.2, 0.25) is 0 Å². The number of halogens is 3. The zero-order valence-corrected chi connectivity index (χ0v) is 15.1. The number of benzene rings is 1. The molecule has 2 fully saturated rings. The lowest BCUT2D eigenvalue weighted by Gasteiger charge is -2.23. The van der Waals surface area contributed by atoms with E-state index in [4.69, 9.17) is 0 Å². The topological polar surface area (TPSA) is 44.4 Å². The van der Waals surface area contributed by atoms with Gasteiger partial charge in [0.1, 0.15) is 0 Å². The maximum atomic E-state index is 12.7. The molecule has 26 heavy (non-hydrogen) atoms. The second-order valence-electron chi connectivity index (χ2n) is 7.66. The Morgan fingerprint density at radius 2 is 1.88 bits per heavy atom. The number of alkyl halides is 3. The molecule has 1 heterocycles. The van der Waals surface area contributed by atoms with Gasteiger partial charge in [-0.1, -0.05) is 13.8 Å². The van der Waals surface area contributed by atoms with Crippen LogP contribution in [0.5, 0.6) is 0 Å². The fraction of sp³-hybridized carbons (Fsp3) is 0.632. The van der Waals surface area contributed by atoms with Gasteiger partial charge in [-0.15, -0.1) is 0 Å². The summed E-state index contributed by atoms with van der Waals surface area (Å²) in [5.41, 5.74) is 0.197. The number of rotatable bonds is 5. The minimum absolute atomic E-state index is 0.0114. The molecule has 3 atom stereocenters. The van der Waals surface area contributed by atoms with Crippen LogP contribution < -0.4 is 15.5 Å². The van der Waals surface area contributed by atoms with Crippen LogP contribution in [0.25, 0.3) is 0 Å². The molecule has 1 aromatic rings. The molecular weight excluding hydrogens is 343 g/mol. The molecule has 144 valence electrons. The van der Waals surface area contributed by atoms with Gasteiger partial charge < -0.3 is 15.5 Å². The highest BCUT2D eigenvalue weighted by atomic mass is 19.4. The molecule has 0 unspecified atom stereocenters. The van der Waals surface area contributed by atoms with Crippen LogP contribution in [0, 0.1) is 11.8 Å². The van der Waals surface area contributed by atoms with E-state index in [1.54, 1.807) is 12.1 Å². The molecule has 1 aliphatic heterocycles. The Bertz CT molecular complexity index is 630. The van der Waals surface area contributed by atoms with Gasteiger partial charge in [-0.2, -0.15) is 13.2 Å². The smallest absolute Gasteiger partial charge is 0.371 e. The molecule has 1 aliphatic carbocycles. The number of carbonyl (C=O) groups is 1. The summed E-state index contributed by atoms with van der Waals surface area (Å²) in [6.45, 7) is 5.93. The zero-order valence-electron chi connectivity index (χ0n) is 15.1. The van der Waals surface area contributed by atoms with E-state index in [9.17, 15) is 18.0 Å². The first-order chi connectivity index (χ1) is 12.2. The summed E-state index contributed by atoms with van der Waals surface area (Å²) in [6, 6.07) is 5.79. The Kier molecular flexibility index (Phi) is 5.46. The summed E-state index contributed by atoms with van der Waals surface area (Å²) in [6.07, 6.45) is -2.28. The molecule has 3 rings (SSSR count). The summed E-state index contributed by atoms with van der Waals surface area (Å²) in [7, 11) is 0. The van der Waals surface area contributed by atoms with E-state index in [2.05, 4.69) is 15.5 Å². The highest BCUT2D eigenvalue weighted by molar-refractivity contribution is 5.78. The van der Waals surface area contributed by atoms with Gasteiger partial charge in [-0.05, 0) is 43.0 Å². The number of hydrogen-bond acceptors (Lipinski definition) is 3. The highest BCUT2D eigenvalue weighted by Crippen LogP contribution is 2.40. The van der Waals surface area contributed by atoms with E-state index in [0.29, 0.717) is 18.4 Å². The van der Waals surface area contributed by atoms with Crippen molar-refractivity contribution in [3.63, 3.8) is 0 Å². The predicted molar refractivity (Wildman–Crippen MR) is 94.9 cm³/mol. The van der Waals surface area contributed by atoms with Gasteiger partial charge >= 0.3 is 6.18 Å². The molecule has 1 aromatic carbocycles. The Balaban J connectivity index is 1.58. The van der Waals surface area contributed by atoms with Gasteiger partial charge in [0, 0.05) is 36.8 Å². The first kappa shape index (κ1) is 19.0. The van der Waals surface area contributed by atoms with E-state index in [1.165, 1.54) is 0 Å². The van der Waals surface area contributed by atoms with E-state index >= 15 is 0 Å². The summed E-state index contributed by atoms with van der Waals surface area (Å²) >= 11 is 0. The second-order valence-corrected chi connectivity index (χ2v) is 7.66. The third kappa shape index (κ3) is 4.31. The van der Waals surface area contributed by atoms with Crippen LogP contribution >= 0.6 is 0 Å². The van der Waals surface area contributed by atoms with Crippen LogP contribution in [0.3, 0.4) is 0 Å². The van der Waals surface area contributed by atoms with Gasteiger partial charge in [-0.25, -0.2) is 0 Å². The van der Waals surface area contributed by atoms with E-state index < -0.39 is 11.7 Å². The Morgan fingerprint density at radius 3 is 2.50 bits per heavy atom. The van der Waals surface area contributed by atoms with Crippen molar-refractivity contribution in [3.8, 4) is 0 Å². The van der Waals surface area contributed by atoms with E-state index in [-0.39, 0.29) is 18.0 Å². The minimum atomic E-state index is -4.31. The van der Waals surface area contributed by atoms with Gasteiger partial charge in [0.05, 0.1) is 12.1 Å². The van der Waals surface area contributed by atoms with Crippen LogP contribution in [0.1, 0.15) is 32.3 Å². The number of anilines is 1. The molecular formula is C19H26F3N3O. The monoisotopic (exact) mass is 369 g/mol. The third-order valence-electron chi connectivity index (χ3n) is 5.43. The van der Waals surface area contributed by atoms with Crippen molar-refractivity contribution in [2.45, 2.75) is 44.9 Å². The fourth-order valence-corrected chi connectivity index (χ4v) is 4.07. The summed E-state index contributed by atoms with van der Waals surface area (Å²) < 4.78 is 38.1. The summed E-state index contributed by atoms with van der Waals surface area (Å²) in [5.74, 6) is 0.860. The van der Waals surface area contributed by atoms with Crippen LogP contribution in [-0.4, -0.2) is 37.6 Å². The second kappa shape index (κ2) is 7.47. The molecule has 4 nitrogen and oxygen atoms in total. The number of carbonyl (C=O) groups excluding carboxylic acids is 1. The zero-order chi connectivity index (χ0) is 18.9. The standard InChI is InChI=1S/C19H26F3N3O/c1-12(2)23-9-18(26)24-17-8-3-13-10-25(11-16(13)17)15-6-4-14(5-7-15)19(20,21)22/h4-7,12-13,16-17,23H,3,8-11H2,1-2H3,(H,24,26)/t13-,16+,17+/m1/s1. The van der Waals surface area contributed by atoms with Crippen molar-refractivity contribution in [3.05, 3.63) is 29.8 Å². The molecule has 1 saturated heterocycles. The lowest BCUT2D eigenvalue weighted by atomic mass is 9.98. The third-order valence-corrected chi connectivity index (χ3v) is 5.43. The minimum Gasteiger partial charge on any atom is -0.371 e. The van der Waals surface area contributed by atoms with Crippen LogP contribution in [0.4, 0.5) is 18.9 Å². The fourth-order valence-electron chi connectivity index (χ4n) is 4.07. The quantitative estimate of drug-likeness (QED) is 0.839. The molecule has 2 aliphatic rings. The van der Waals surface area contributed by atoms with Crippen molar-refractivity contribution in [2.24, 2.45) is 11.8 Å². The molecule has 1 saturated carbocycles. The number of hydrogen-bond donors (Lipinski definition) is 2. The van der Waals surface area contributed by atoms with E-state index in [1.807, 2.05) is 13.8 Å². The van der Waals surface area contributed by atoms with Gasteiger partial charge in [0.2, 0.25) is 5.91 Å². The van der Waals surface area contributed by atoms with Crippen LogP contribution in [0.15, 0.2) is 24.3 Å². The number of nitrogens with one attached hydrogen (secondary N) is 2. The molecule has 0 spiro atoms. The maximum absolute atomic E-state index is 12.7. The summed E-state index contributed by atoms with van der Waals surface area (Å²) in [4.78, 5) is 14.2. The Labute approximate surface area is 152 Å². The lowest BCUT2D eigenvalue weighted by Crippen LogP contribution is -2.44. The van der Waals surface area contributed by atoms with E-state index in [0.717, 1.165) is 43.8 Å². The van der Waals surface area contributed by atoms with Crippen molar-refractivity contribution in [1.82, 2.24) is 10.6 Å². The first-order valence-electron chi connectivity index (χ1n) is 9.19. The summed E-state index contributed by atoms with van der Waals surface area (Å²) in [5, 5.41) is 6.25. The molecule has 2 N–H and O–H groups in total. The number of fused-ring (bicyclic) bond motifs is 1. The SMILES string of the molecule is CC(C)NCC(=O)N[C@H]1CC[C@@H]2CN(c3ccc(C(F)(F)F)cc3)C[C@@H]21. The van der Waals surface area contributed by atoms with Gasteiger partial charge in [0.25, 0.3) is 0 Å². The molecule has 0 bridgehead atoms. The van der Waals surface area contributed by atoms with Crippen molar-refractivity contribution < 1.29 is 18.0 Å². The van der Waals surface area contributed by atoms with Crippen LogP contribution in [-0.2, 0) is 11.0 Å². The van der Waals surface area contributed by atoms with Crippen molar-refractivity contribution in [1.29, 1.82) is 0 Å². The van der Waals surface area contributed by atoms with Gasteiger partial charge in [0.15, 0.2) is 0 Å².